The Morgan fingerprint density at radius 1 is 1.86 bits per heavy atom. The topological polar surface area (TPSA) is 47.9 Å². The second-order valence-corrected chi connectivity index (χ2v) is 1.58. The predicted molar refractivity (Wildman–Crippen MR) is 28.8 cm³/mol. The Morgan fingerprint density at radius 3 is 2.57 bits per heavy atom. The molecule has 0 amide bonds. The first-order valence-corrected chi connectivity index (χ1v) is 2.43. The molecule has 0 saturated heterocycles. The summed E-state index contributed by atoms with van der Waals surface area (Å²) < 4.78 is 0. The van der Waals surface area contributed by atoms with Gasteiger partial charge in [0.25, 0.3) is 0 Å². The van der Waals surface area contributed by atoms with Gasteiger partial charge in [0.05, 0.1) is 13.2 Å². The minimum Gasteiger partial charge on any atom is -0.391 e. The molecule has 2 nitrogen and oxygen atoms in total. The normalized spacial score (nSPS) is 12.1. The molecule has 0 fully saturated rings. The zero-order valence-electron chi connectivity index (χ0n) is 4.02. The number of rotatable bonds is 2. The van der Waals surface area contributed by atoms with E-state index in [1.807, 2.05) is 0 Å². The van der Waals surface area contributed by atoms with E-state index in [2.05, 4.69) is 5.73 Å². The van der Waals surface area contributed by atoms with E-state index in [0.717, 1.165) is 0 Å². The van der Waals surface area contributed by atoms with Crippen molar-refractivity contribution in [1.29, 1.82) is 0 Å². The average Bonchev–Trinajstić information content (AvgIpc) is 1.68. The second-order valence-electron chi connectivity index (χ2n) is 1.10. The van der Waals surface area contributed by atoms with Gasteiger partial charge in [-0.1, -0.05) is 11.6 Å². The maximum absolute atomic E-state index is 8.24. The fourth-order valence-electron chi connectivity index (χ4n) is 0.221. The third kappa shape index (κ3) is 3.79. The standard InChI is InChI=1S/C4H8ClNO/c5-4(3-7)1-2-6/h1,7H,2-3,6H2/p+1. The lowest BCUT2D eigenvalue weighted by Crippen LogP contribution is -2.49. The smallest absolute Gasteiger partial charge is 0.0942 e. The fourth-order valence-corrected chi connectivity index (χ4v) is 0.330. The van der Waals surface area contributed by atoms with E-state index in [-0.39, 0.29) is 6.61 Å². The summed E-state index contributed by atoms with van der Waals surface area (Å²) in [4.78, 5) is 0. The van der Waals surface area contributed by atoms with Crippen LogP contribution in [0, 0.1) is 0 Å². The average molecular weight is 123 g/mol. The fraction of sp³-hybridized carbons (Fsp3) is 0.500. The Kier molecular flexibility index (Phi) is 4.09. The molecule has 0 spiro atoms. The molecular weight excluding hydrogens is 114 g/mol. The summed E-state index contributed by atoms with van der Waals surface area (Å²) in [5.41, 5.74) is 3.50. The largest absolute Gasteiger partial charge is 0.391 e. The third-order valence-corrected chi connectivity index (χ3v) is 0.791. The Labute approximate surface area is 47.6 Å². The number of halogens is 1. The number of aliphatic hydroxyl groups excluding tert-OH is 1. The van der Waals surface area contributed by atoms with Crippen LogP contribution in [0.4, 0.5) is 0 Å². The van der Waals surface area contributed by atoms with Gasteiger partial charge < -0.3 is 10.8 Å². The zero-order valence-corrected chi connectivity index (χ0v) is 4.78. The monoisotopic (exact) mass is 122 g/mol. The lowest BCUT2D eigenvalue weighted by atomic mass is 10.5. The maximum atomic E-state index is 8.24. The van der Waals surface area contributed by atoms with Gasteiger partial charge in [-0.3, -0.25) is 0 Å². The van der Waals surface area contributed by atoms with Gasteiger partial charge in [0.1, 0.15) is 0 Å². The molecule has 0 atom stereocenters. The Hall–Kier alpha value is -0.0500. The van der Waals surface area contributed by atoms with Crippen LogP contribution < -0.4 is 5.73 Å². The number of hydrogen-bond acceptors (Lipinski definition) is 1. The van der Waals surface area contributed by atoms with E-state index >= 15 is 0 Å². The molecule has 0 aliphatic carbocycles. The van der Waals surface area contributed by atoms with Gasteiger partial charge in [0.2, 0.25) is 0 Å². The summed E-state index contributed by atoms with van der Waals surface area (Å²) in [6.07, 6.45) is 1.67. The van der Waals surface area contributed by atoms with Gasteiger partial charge in [-0.25, -0.2) is 0 Å². The van der Waals surface area contributed by atoms with Crippen LogP contribution in [0.1, 0.15) is 0 Å². The van der Waals surface area contributed by atoms with E-state index in [1.165, 1.54) is 0 Å². The Balaban J connectivity index is 3.29. The summed E-state index contributed by atoms with van der Waals surface area (Å²) in [5, 5.41) is 8.71. The van der Waals surface area contributed by atoms with Crippen LogP contribution in [0.15, 0.2) is 11.1 Å². The van der Waals surface area contributed by atoms with Crippen molar-refractivity contribution >= 4 is 11.6 Å². The van der Waals surface area contributed by atoms with Crippen molar-refractivity contribution in [3.8, 4) is 0 Å². The molecule has 0 aromatic rings. The van der Waals surface area contributed by atoms with E-state index in [1.54, 1.807) is 6.08 Å². The van der Waals surface area contributed by atoms with Crippen LogP contribution in [0.2, 0.25) is 0 Å². The molecule has 42 valence electrons. The van der Waals surface area contributed by atoms with Gasteiger partial charge in [0.15, 0.2) is 0 Å². The van der Waals surface area contributed by atoms with Crippen molar-refractivity contribution in [2.24, 2.45) is 0 Å². The molecule has 0 aromatic carbocycles. The van der Waals surface area contributed by atoms with Gasteiger partial charge in [0, 0.05) is 5.03 Å². The lowest BCUT2D eigenvalue weighted by Gasteiger charge is -1.83. The van der Waals surface area contributed by atoms with Gasteiger partial charge in [-0.05, 0) is 6.08 Å². The van der Waals surface area contributed by atoms with Crippen molar-refractivity contribution in [3.63, 3.8) is 0 Å². The first kappa shape index (κ1) is 6.95. The highest BCUT2D eigenvalue weighted by atomic mass is 35.5. The van der Waals surface area contributed by atoms with Crippen LogP contribution in [-0.4, -0.2) is 18.3 Å². The SMILES string of the molecule is [NH3+]CC=C(Cl)CO. The van der Waals surface area contributed by atoms with E-state index < -0.39 is 0 Å². The molecule has 0 radical (unpaired) electrons. The molecule has 3 heteroatoms. The summed E-state index contributed by atoms with van der Waals surface area (Å²) in [6.45, 7) is 0.566. The summed E-state index contributed by atoms with van der Waals surface area (Å²) in [7, 11) is 0. The molecule has 0 heterocycles. The van der Waals surface area contributed by atoms with E-state index in [0.29, 0.717) is 11.6 Å². The second kappa shape index (κ2) is 4.12. The summed E-state index contributed by atoms with van der Waals surface area (Å²) in [6, 6.07) is 0. The highest BCUT2D eigenvalue weighted by molar-refractivity contribution is 6.29. The maximum Gasteiger partial charge on any atom is 0.0942 e. The van der Waals surface area contributed by atoms with E-state index in [4.69, 9.17) is 16.7 Å². The van der Waals surface area contributed by atoms with Gasteiger partial charge in [-0.2, -0.15) is 0 Å². The molecule has 0 rings (SSSR count). The van der Waals surface area contributed by atoms with Crippen LogP contribution in [-0.2, 0) is 0 Å². The highest BCUT2D eigenvalue weighted by Crippen LogP contribution is 1.94. The molecule has 0 saturated carbocycles. The molecule has 4 N–H and O–H groups in total. The minimum atomic E-state index is -0.0723. The predicted octanol–water partition coefficient (Wildman–Crippen LogP) is -0.657. The molecule has 0 aliphatic heterocycles. The minimum absolute atomic E-state index is 0.0723. The molecule has 0 bridgehead atoms. The van der Waals surface area contributed by atoms with Crippen LogP contribution in [0.5, 0.6) is 0 Å². The lowest BCUT2D eigenvalue weighted by molar-refractivity contribution is -0.352. The number of hydrogen-bond donors (Lipinski definition) is 2. The summed E-state index contributed by atoms with van der Waals surface area (Å²) >= 11 is 5.34. The number of aliphatic hydroxyl groups is 1. The first-order chi connectivity index (χ1) is 3.31. The van der Waals surface area contributed by atoms with Crippen molar-refractivity contribution in [3.05, 3.63) is 11.1 Å². The van der Waals surface area contributed by atoms with Crippen LogP contribution in [0.3, 0.4) is 0 Å². The van der Waals surface area contributed by atoms with Crippen molar-refractivity contribution in [2.45, 2.75) is 0 Å². The van der Waals surface area contributed by atoms with Crippen molar-refractivity contribution < 1.29 is 10.8 Å². The third-order valence-electron chi connectivity index (χ3n) is 0.517. The molecular formula is C4H9ClNO+. The Bertz CT molecular complexity index is 72.1. The number of quaternary nitrogens is 1. The van der Waals surface area contributed by atoms with E-state index in [9.17, 15) is 0 Å². The molecule has 0 aromatic heterocycles. The van der Waals surface area contributed by atoms with Gasteiger partial charge in [-0.15, -0.1) is 0 Å². The van der Waals surface area contributed by atoms with Crippen LogP contribution in [0.25, 0.3) is 0 Å². The Morgan fingerprint density at radius 2 is 2.43 bits per heavy atom. The molecule has 7 heavy (non-hydrogen) atoms. The molecule has 0 unspecified atom stereocenters. The highest BCUT2D eigenvalue weighted by Gasteiger charge is 1.82. The first-order valence-electron chi connectivity index (χ1n) is 2.06. The van der Waals surface area contributed by atoms with Crippen molar-refractivity contribution in [1.82, 2.24) is 0 Å². The van der Waals surface area contributed by atoms with Gasteiger partial charge >= 0.3 is 0 Å². The summed E-state index contributed by atoms with van der Waals surface area (Å²) in [5.74, 6) is 0. The quantitative estimate of drug-likeness (QED) is 0.502. The molecule has 0 aliphatic rings. The van der Waals surface area contributed by atoms with Crippen molar-refractivity contribution in [2.75, 3.05) is 13.2 Å². The van der Waals surface area contributed by atoms with Crippen LogP contribution >= 0.6 is 11.6 Å². The zero-order chi connectivity index (χ0) is 5.70.